The molecule has 2 aliphatic rings. The molecule has 2 unspecified atom stereocenters. The molecule has 4 atom stereocenters. The maximum atomic E-state index is 15.7. The van der Waals surface area contributed by atoms with Gasteiger partial charge in [-0.1, -0.05) is 6.07 Å². The Morgan fingerprint density at radius 3 is 2.60 bits per heavy atom. The van der Waals surface area contributed by atoms with Gasteiger partial charge in [0.1, 0.15) is 17.6 Å². The molecule has 5 rings (SSSR count). The van der Waals surface area contributed by atoms with Gasteiger partial charge in [-0.05, 0) is 74.3 Å². The number of aromatic nitrogens is 1. The van der Waals surface area contributed by atoms with Crippen molar-refractivity contribution < 1.29 is 27.5 Å². The van der Waals surface area contributed by atoms with Crippen LogP contribution in [-0.4, -0.2) is 54.0 Å². The molecular weight excluding hydrogens is 547 g/mol. The molecule has 2 saturated heterocycles. The SMILES string of the molecule is CCN(C(=O)Oc1ccc(F)cc1)[C@@H]1CNC[C@H]1c1cc(C#N)c(F)c(F)c1C(=O)C1CCNC(c2ccccn2)C1. The van der Waals surface area contributed by atoms with Crippen LogP contribution in [0.2, 0.25) is 0 Å². The van der Waals surface area contributed by atoms with Gasteiger partial charge >= 0.3 is 6.09 Å². The molecule has 3 aromatic rings. The third-order valence-electron chi connectivity index (χ3n) is 8.00. The van der Waals surface area contributed by atoms with E-state index < -0.39 is 52.8 Å². The number of rotatable bonds is 7. The van der Waals surface area contributed by atoms with Crippen LogP contribution in [-0.2, 0) is 0 Å². The molecule has 0 aliphatic carbocycles. The first-order valence-electron chi connectivity index (χ1n) is 13.9. The fourth-order valence-electron chi connectivity index (χ4n) is 5.91. The highest BCUT2D eigenvalue weighted by Gasteiger charge is 2.41. The fraction of sp³-hybridized carbons (Fsp3) is 0.355. The average molecular weight is 578 g/mol. The Labute approximate surface area is 241 Å². The smallest absolute Gasteiger partial charge is 0.410 e. The van der Waals surface area contributed by atoms with Crippen LogP contribution in [0.3, 0.4) is 0 Å². The third kappa shape index (κ3) is 5.86. The number of Topliss-reactive ketones (excluding diaryl/α,β-unsaturated/α-hetero) is 1. The van der Waals surface area contributed by atoms with Gasteiger partial charge in [0.05, 0.1) is 28.9 Å². The number of hydrogen-bond donors (Lipinski definition) is 2. The highest BCUT2D eigenvalue weighted by Crippen LogP contribution is 2.37. The lowest BCUT2D eigenvalue weighted by atomic mass is 9.80. The number of nitriles is 1. The molecule has 2 aromatic carbocycles. The number of ether oxygens (including phenoxy) is 1. The molecule has 0 spiro atoms. The third-order valence-corrected chi connectivity index (χ3v) is 8.00. The van der Waals surface area contributed by atoms with Gasteiger partial charge in [0.25, 0.3) is 0 Å². The minimum atomic E-state index is -1.37. The molecule has 0 bridgehead atoms. The predicted octanol–water partition coefficient (Wildman–Crippen LogP) is 4.87. The van der Waals surface area contributed by atoms with Gasteiger partial charge in [-0.3, -0.25) is 9.78 Å². The van der Waals surface area contributed by atoms with Crippen LogP contribution in [0, 0.1) is 34.7 Å². The zero-order valence-electron chi connectivity index (χ0n) is 22.9. The minimum Gasteiger partial charge on any atom is -0.410 e. The van der Waals surface area contributed by atoms with Crippen LogP contribution in [0.1, 0.15) is 58.9 Å². The summed E-state index contributed by atoms with van der Waals surface area (Å²) in [6.45, 7) is 2.98. The van der Waals surface area contributed by atoms with E-state index in [-0.39, 0.29) is 36.0 Å². The van der Waals surface area contributed by atoms with Gasteiger partial charge in [-0.15, -0.1) is 0 Å². The van der Waals surface area contributed by atoms with Crippen molar-refractivity contribution in [3.8, 4) is 11.8 Å². The molecule has 218 valence electrons. The summed E-state index contributed by atoms with van der Waals surface area (Å²) in [7, 11) is 0. The summed E-state index contributed by atoms with van der Waals surface area (Å²) in [6.07, 6.45) is 1.70. The van der Waals surface area contributed by atoms with E-state index in [4.69, 9.17) is 4.74 Å². The van der Waals surface area contributed by atoms with Gasteiger partial charge < -0.3 is 20.3 Å². The summed E-state index contributed by atoms with van der Waals surface area (Å²) in [5.41, 5.74) is 0.0181. The Bertz CT molecular complexity index is 1500. The number of amides is 1. The van der Waals surface area contributed by atoms with Crippen LogP contribution in [0.4, 0.5) is 18.0 Å². The second-order valence-electron chi connectivity index (χ2n) is 10.4. The number of likely N-dealkylation sites (N-methyl/N-ethyl adjacent to an activating group) is 1. The number of pyridine rings is 1. The van der Waals surface area contributed by atoms with Crippen LogP contribution >= 0.6 is 0 Å². The Balaban J connectivity index is 1.47. The van der Waals surface area contributed by atoms with E-state index in [1.54, 1.807) is 25.3 Å². The van der Waals surface area contributed by atoms with Crippen molar-refractivity contribution >= 4 is 11.9 Å². The molecule has 3 heterocycles. The number of carbonyl (C=O) groups excluding carboxylic acids is 2. The summed E-state index contributed by atoms with van der Waals surface area (Å²) in [6, 6.07) is 12.6. The summed E-state index contributed by atoms with van der Waals surface area (Å²) in [5, 5.41) is 16.1. The average Bonchev–Trinajstić information content (AvgIpc) is 3.49. The molecular formula is C31H30F3N5O3. The van der Waals surface area contributed by atoms with E-state index in [2.05, 4.69) is 15.6 Å². The van der Waals surface area contributed by atoms with E-state index in [0.29, 0.717) is 25.9 Å². The standard InChI is InChI=1S/C31H30F3N5O3/c1-2-39(31(41)42-21-8-6-20(32)7-9-21)26-17-36-16-23(26)22-13-19(15-35)28(33)29(34)27(22)30(40)18-10-12-38-25(14-18)24-5-3-4-11-37-24/h3-9,11,13,18,23,25-26,36,38H,2,10,12,14,16-17H2,1H3/t18?,23-,25?,26+/m0/s1. The monoisotopic (exact) mass is 577 g/mol. The maximum absolute atomic E-state index is 15.7. The molecule has 2 N–H and O–H groups in total. The molecule has 0 radical (unpaired) electrons. The molecule has 0 saturated carbocycles. The van der Waals surface area contributed by atoms with Gasteiger partial charge in [-0.2, -0.15) is 5.26 Å². The van der Waals surface area contributed by atoms with Crippen molar-refractivity contribution in [1.29, 1.82) is 5.26 Å². The van der Waals surface area contributed by atoms with Crippen molar-refractivity contribution in [2.75, 3.05) is 26.2 Å². The lowest BCUT2D eigenvalue weighted by molar-refractivity contribution is 0.0870. The highest BCUT2D eigenvalue weighted by atomic mass is 19.2. The van der Waals surface area contributed by atoms with E-state index in [9.17, 15) is 19.2 Å². The second-order valence-corrected chi connectivity index (χ2v) is 10.4. The number of nitrogens with zero attached hydrogens (tertiary/aromatic N) is 3. The van der Waals surface area contributed by atoms with Crippen molar-refractivity contribution in [2.24, 2.45) is 5.92 Å². The first-order valence-corrected chi connectivity index (χ1v) is 13.9. The summed E-state index contributed by atoms with van der Waals surface area (Å²) in [4.78, 5) is 33.0. The number of ketones is 1. The van der Waals surface area contributed by atoms with Crippen LogP contribution < -0.4 is 15.4 Å². The lowest BCUT2D eigenvalue weighted by Gasteiger charge is -2.33. The van der Waals surface area contributed by atoms with Gasteiger partial charge in [0.15, 0.2) is 17.4 Å². The van der Waals surface area contributed by atoms with Gasteiger partial charge in [0, 0.05) is 37.7 Å². The first kappa shape index (κ1) is 29.2. The highest BCUT2D eigenvalue weighted by molar-refractivity contribution is 6.00. The molecule has 2 fully saturated rings. The minimum absolute atomic E-state index is 0.145. The van der Waals surface area contributed by atoms with Crippen LogP contribution in [0.25, 0.3) is 0 Å². The van der Waals surface area contributed by atoms with Crippen LogP contribution in [0.5, 0.6) is 5.75 Å². The lowest BCUT2D eigenvalue weighted by Crippen LogP contribution is -2.45. The van der Waals surface area contributed by atoms with E-state index in [1.165, 1.54) is 35.2 Å². The Hall–Kier alpha value is -4.27. The normalized spacial score (nSPS) is 21.9. The van der Waals surface area contributed by atoms with Gasteiger partial charge in [-0.25, -0.2) is 18.0 Å². The summed E-state index contributed by atoms with van der Waals surface area (Å²) >= 11 is 0. The molecule has 42 heavy (non-hydrogen) atoms. The zero-order chi connectivity index (χ0) is 29.8. The van der Waals surface area contributed by atoms with E-state index in [0.717, 1.165) is 5.69 Å². The Morgan fingerprint density at radius 1 is 1.12 bits per heavy atom. The number of halogens is 3. The molecule has 2 aliphatic heterocycles. The van der Waals surface area contributed by atoms with Crippen molar-refractivity contribution in [1.82, 2.24) is 20.5 Å². The predicted molar refractivity (Wildman–Crippen MR) is 147 cm³/mol. The number of piperidine rings is 1. The maximum Gasteiger partial charge on any atom is 0.415 e. The topological polar surface area (TPSA) is 107 Å². The Morgan fingerprint density at radius 2 is 1.90 bits per heavy atom. The summed E-state index contributed by atoms with van der Waals surface area (Å²) in [5.74, 6) is -4.86. The number of benzene rings is 2. The Kier molecular flexibility index (Phi) is 8.85. The molecule has 1 amide bonds. The van der Waals surface area contributed by atoms with Crippen molar-refractivity contribution in [2.45, 2.75) is 37.8 Å². The van der Waals surface area contributed by atoms with Crippen LogP contribution in [0.15, 0.2) is 54.7 Å². The quantitative estimate of drug-likeness (QED) is 0.386. The molecule has 1 aromatic heterocycles. The van der Waals surface area contributed by atoms with Crippen molar-refractivity contribution in [3.05, 3.63) is 94.6 Å². The number of hydrogen-bond acceptors (Lipinski definition) is 7. The van der Waals surface area contributed by atoms with Crippen molar-refractivity contribution in [3.63, 3.8) is 0 Å². The van der Waals surface area contributed by atoms with E-state index in [1.807, 2.05) is 12.1 Å². The zero-order valence-corrected chi connectivity index (χ0v) is 22.9. The molecule has 8 nitrogen and oxygen atoms in total. The van der Waals surface area contributed by atoms with E-state index >= 15 is 8.78 Å². The first-order chi connectivity index (χ1) is 20.3. The number of nitrogens with one attached hydrogen (secondary N) is 2. The number of carbonyl (C=O) groups is 2. The largest absolute Gasteiger partial charge is 0.415 e. The second kappa shape index (κ2) is 12.7. The molecule has 11 heteroatoms. The summed E-state index contributed by atoms with van der Waals surface area (Å²) < 4.78 is 49.6. The fourth-order valence-corrected chi connectivity index (χ4v) is 5.91. The van der Waals surface area contributed by atoms with Gasteiger partial charge in [0.2, 0.25) is 0 Å².